The summed E-state index contributed by atoms with van der Waals surface area (Å²) in [4.78, 5) is 82.6. The van der Waals surface area contributed by atoms with Crippen molar-refractivity contribution in [3.63, 3.8) is 0 Å². The van der Waals surface area contributed by atoms with Gasteiger partial charge in [0.2, 0.25) is 29.5 Å². The third-order valence-electron chi connectivity index (χ3n) is 7.53. The Labute approximate surface area is 241 Å². The molecule has 0 saturated carbocycles. The lowest BCUT2D eigenvalue weighted by Gasteiger charge is -2.39. The Balaban J connectivity index is 2.04. The van der Waals surface area contributed by atoms with Crippen molar-refractivity contribution in [1.29, 1.82) is 0 Å². The van der Waals surface area contributed by atoms with Gasteiger partial charge in [0.1, 0.15) is 30.2 Å². The summed E-state index contributed by atoms with van der Waals surface area (Å²) in [5.41, 5.74) is 0.462. The molecule has 0 aliphatic carbocycles. The average molecular weight is 571 g/mol. The Morgan fingerprint density at radius 2 is 1.37 bits per heavy atom. The smallest absolute Gasteiger partial charge is 0.256 e. The van der Waals surface area contributed by atoms with Crippen molar-refractivity contribution in [3.05, 3.63) is 29.8 Å². The Bertz CT molecular complexity index is 1190. The quantitative estimate of drug-likeness (QED) is 0.416. The van der Waals surface area contributed by atoms with E-state index in [-0.39, 0.29) is 23.1 Å². The fourth-order valence-corrected chi connectivity index (χ4v) is 5.06. The van der Waals surface area contributed by atoms with Gasteiger partial charge in [-0.15, -0.1) is 0 Å². The minimum atomic E-state index is -1.00. The lowest BCUT2D eigenvalue weighted by Crippen LogP contribution is -2.59. The molecule has 0 bridgehead atoms. The molecule has 3 rings (SSSR count). The number of anilines is 1. The van der Waals surface area contributed by atoms with Gasteiger partial charge in [0.05, 0.1) is 11.3 Å². The van der Waals surface area contributed by atoms with Crippen LogP contribution < -0.4 is 21.3 Å². The molecule has 41 heavy (non-hydrogen) atoms. The first-order valence-electron chi connectivity index (χ1n) is 14.2. The van der Waals surface area contributed by atoms with Crippen LogP contribution >= 0.6 is 0 Å². The van der Waals surface area contributed by atoms with Gasteiger partial charge in [-0.3, -0.25) is 28.8 Å². The van der Waals surface area contributed by atoms with Crippen molar-refractivity contribution < 1.29 is 28.8 Å². The second kappa shape index (κ2) is 13.6. The van der Waals surface area contributed by atoms with Crippen LogP contribution in [0.25, 0.3) is 0 Å². The first kappa shape index (κ1) is 31.6. The van der Waals surface area contributed by atoms with Gasteiger partial charge in [0.25, 0.3) is 5.91 Å². The van der Waals surface area contributed by atoms with Gasteiger partial charge in [-0.05, 0) is 64.5 Å². The molecule has 12 nitrogen and oxygen atoms in total. The van der Waals surface area contributed by atoms with E-state index in [1.165, 1.54) is 30.6 Å². The van der Waals surface area contributed by atoms with E-state index in [2.05, 4.69) is 21.3 Å². The second-order valence-corrected chi connectivity index (χ2v) is 11.3. The van der Waals surface area contributed by atoms with Crippen LogP contribution in [0.3, 0.4) is 0 Å². The molecule has 5 atom stereocenters. The third-order valence-corrected chi connectivity index (χ3v) is 7.53. The summed E-state index contributed by atoms with van der Waals surface area (Å²) in [7, 11) is 1.54. The maximum atomic E-state index is 13.9. The maximum absolute atomic E-state index is 13.9. The molecule has 0 spiro atoms. The zero-order valence-corrected chi connectivity index (χ0v) is 24.7. The molecule has 2 aliphatic rings. The largest absolute Gasteiger partial charge is 0.343 e. The molecule has 1 aromatic carbocycles. The molecule has 224 valence electrons. The zero-order valence-electron chi connectivity index (χ0n) is 24.7. The van der Waals surface area contributed by atoms with Crippen LogP contribution in [0, 0.1) is 5.92 Å². The number of fused-ring (bicyclic) bond motifs is 2. The maximum Gasteiger partial charge on any atom is 0.256 e. The van der Waals surface area contributed by atoms with Crippen LogP contribution in [0.2, 0.25) is 0 Å². The van der Waals surface area contributed by atoms with Gasteiger partial charge in [0.15, 0.2) is 0 Å². The van der Waals surface area contributed by atoms with Gasteiger partial charge in [-0.1, -0.05) is 26.0 Å². The van der Waals surface area contributed by atoms with E-state index in [0.29, 0.717) is 25.8 Å². The molecule has 0 aromatic heterocycles. The average Bonchev–Trinajstić information content (AvgIpc) is 2.94. The van der Waals surface area contributed by atoms with Crippen molar-refractivity contribution >= 4 is 41.1 Å². The normalized spacial score (nSPS) is 27.4. The second-order valence-electron chi connectivity index (χ2n) is 11.3. The fourth-order valence-electron chi connectivity index (χ4n) is 5.06. The SMILES string of the molecule is CC(C)CC1C(=O)N[C@H](C)C(=O)N[C@@H](C)C(=O)N[C@H](C)C(=O)Nc2ccccc2C(=O)N2CCCC[C@H]2C(=O)N1C. The molecule has 4 N–H and O–H groups in total. The number of rotatable bonds is 2. The van der Waals surface area contributed by atoms with Crippen molar-refractivity contribution in [2.75, 3.05) is 18.9 Å². The summed E-state index contributed by atoms with van der Waals surface area (Å²) in [6.07, 6.45) is 2.21. The molecule has 12 heteroatoms. The molecule has 2 heterocycles. The molecule has 1 aromatic rings. The number of benzene rings is 1. The fraction of sp³-hybridized carbons (Fsp3) is 0.586. The van der Waals surface area contributed by atoms with Gasteiger partial charge in [-0.25, -0.2) is 0 Å². The highest BCUT2D eigenvalue weighted by Gasteiger charge is 2.39. The van der Waals surface area contributed by atoms with Crippen molar-refractivity contribution in [3.8, 4) is 0 Å². The highest BCUT2D eigenvalue weighted by Crippen LogP contribution is 2.26. The topological polar surface area (TPSA) is 157 Å². The number of carbonyl (C=O) groups is 6. The Morgan fingerprint density at radius 1 is 0.805 bits per heavy atom. The molecule has 0 radical (unpaired) electrons. The van der Waals surface area contributed by atoms with Crippen molar-refractivity contribution in [1.82, 2.24) is 25.8 Å². The molecular weight excluding hydrogens is 528 g/mol. The van der Waals surface area contributed by atoms with Crippen LogP contribution in [0.1, 0.15) is 70.7 Å². The summed E-state index contributed by atoms with van der Waals surface area (Å²) in [5.74, 6) is -2.98. The number of carbonyl (C=O) groups excluding carboxylic acids is 6. The first-order valence-corrected chi connectivity index (χ1v) is 14.2. The summed E-state index contributed by atoms with van der Waals surface area (Å²) < 4.78 is 0. The number of likely N-dealkylation sites (N-methyl/N-ethyl adjacent to an activating group) is 1. The van der Waals surface area contributed by atoms with Crippen molar-refractivity contribution in [2.24, 2.45) is 5.92 Å². The summed E-state index contributed by atoms with van der Waals surface area (Å²) >= 11 is 0. The van der Waals surface area contributed by atoms with Crippen LogP contribution in [0.4, 0.5) is 5.69 Å². The van der Waals surface area contributed by atoms with E-state index < -0.39 is 59.7 Å². The highest BCUT2D eigenvalue weighted by atomic mass is 16.2. The Kier molecular flexibility index (Phi) is 10.5. The highest BCUT2D eigenvalue weighted by molar-refractivity contribution is 6.07. The molecule has 1 saturated heterocycles. The van der Waals surface area contributed by atoms with Gasteiger partial charge in [-0.2, -0.15) is 0 Å². The van der Waals surface area contributed by atoms with Gasteiger partial charge >= 0.3 is 0 Å². The molecule has 1 unspecified atom stereocenters. The Morgan fingerprint density at radius 3 is 1.98 bits per heavy atom. The van der Waals surface area contributed by atoms with E-state index >= 15 is 0 Å². The lowest BCUT2D eigenvalue weighted by molar-refractivity contribution is -0.144. The van der Waals surface area contributed by atoms with E-state index in [1.54, 1.807) is 31.3 Å². The number of hydrogen-bond donors (Lipinski definition) is 4. The number of piperidine rings is 1. The summed E-state index contributed by atoms with van der Waals surface area (Å²) in [5, 5.41) is 10.5. The predicted molar refractivity (Wildman–Crippen MR) is 153 cm³/mol. The summed E-state index contributed by atoms with van der Waals surface area (Å²) in [6, 6.07) is 1.84. The molecular formula is C29H42N6O6. The standard InChI is InChI=1S/C29H42N6O6/c1-16(2)15-23-27(39)32-18(4)25(37)30-17(3)24(36)31-19(5)26(38)33-21-12-8-7-11-20(21)28(40)35-14-10-9-13-22(35)29(41)34(23)6/h7-8,11-12,16-19,22-23H,9-10,13-15H2,1-6H3,(H,30,37)(H,31,36)(H,32,39)(H,33,38)/t17-,18+,19+,22-,23?/m0/s1. The van der Waals surface area contributed by atoms with Crippen LogP contribution in [-0.4, -0.2) is 89.0 Å². The van der Waals surface area contributed by atoms with E-state index in [4.69, 9.17) is 0 Å². The zero-order chi connectivity index (χ0) is 30.4. The minimum absolute atomic E-state index is 0.0528. The van der Waals surface area contributed by atoms with Crippen molar-refractivity contribution in [2.45, 2.75) is 90.5 Å². The molecule has 6 amide bonds. The van der Waals surface area contributed by atoms with E-state index in [1.807, 2.05) is 13.8 Å². The van der Waals surface area contributed by atoms with Crippen LogP contribution in [0.5, 0.6) is 0 Å². The molecule has 1 fully saturated rings. The first-order chi connectivity index (χ1) is 19.3. The van der Waals surface area contributed by atoms with Crippen LogP contribution in [-0.2, 0) is 24.0 Å². The monoisotopic (exact) mass is 570 g/mol. The number of hydrogen-bond acceptors (Lipinski definition) is 6. The Hall–Kier alpha value is -3.96. The number of amides is 6. The van der Waals surface area contributed by atoms with Gasteiger partial charge < -0.3 is 31.1 Å². The third kappa shape index (κ3) is 7.62. The van der Waals surface area contributed by atoms with Gasteiger partial charge in [0, 0.05) is 13.6 Å². The predicted octanol–water partition coefficient (Wildman–Crippen LogP) is 1.02. The van der Waals surface area contributed by atoms with Crippen LogP contribution in [0.15, 0.2) is 24.3 Å². The minimum Gasteiger partial charge on any atom is -0.343 e. The number of para-hydroxylation sites is 1. The number of nitrogens with zero attached hydrogens (tertiary/aromatic N) is 2. The van der Waals surface area contributed by atoms with E-state index in [0.717, 1.165) is 6.42 Å². The summed E-state index contributed by atoms with van der Waals surface area (Å²) in [6.45, 7) is 8.64. The number of nitrogens with one attached hydrogen (secondary N) is 4. The lowest BCUT2D eigenvalue weighted by atomic mass is 9.96. The molecule has 2 aliphatic heterocycles. The van der Waals surface area contributed by atoms with E-state index in [9.17, 15) is 28.8 Å².